The number of piperidine rings is 1. The number of carbonyl (C=O) groups is 2. The third-order valence-corrected chi connectivity index (χ3v) is 4.53. The number of likely N-dealkylation sites (tertiary alicyclic amines) is 1. The van der Waals surface area contributed by atoms with Gasteiger partial charge in [-0.05, 0) is 45.7 Å². The van der Waals surface area contributed by atoms with Crippen LogP contribution in [-0.4, -0.2) is 57.9 Å². The topological polar surface area (TPSA) is 109 Å². The van der Waals surface area contributed by atoms with E-state index in [1.165, 1.54) is 0 Å². The summed E-state index contributed by atoms with van der Waals surface area (Å²) >= 11 is 0. The van der Waals surface area contributed by atoms with Crippen LogP contribution in [0.2, 0.25) is 0 Å². The van der Waals surface area contributed by atoms with Crippen LogP contribution in [0.3, 0.4) is 0 Å². The number of ether oxygens (including phenoxy) is 2. The molecule has 2 amide bonds. The van der Waals surface area contributed by atoms with E-state index in [9.17, 15) is 9.59 Å². The Balaban J connectivity index is 1.63. The first-order valence-corrected chi connectivity index (χ1v) is 9.61. The quantitative estimate of drug-likeness (QED) is 0.815. The van der Waals surface area contributed by atoms with Crippen LogP contribution < -0.4 is 10.1 Å². The number of methoxy groups -OCH3 is 1. The van der Waals surface area contributed by atoms with Crippen molar-refractivity contribution in [3.63, 3.8) is 0 Å². The summed E-state index contributed by atoms with van der Waals surface area (Å²) in [5.41, 5.74) is 0.178. The van der Waals surface area contributed by atoms with Gasteiger partial charge in [-0.25, -0.2) is 4.79 Å². The summed E-state index contributed by atoms with van der Waals surface area (Å²) in [6.45, 7) is 6.35. The molecule has 0 unspecified atom stereocenters. The molecule has 2 aromatic rings. The number of aromatic amines is 1. The summed E-state index contributed by atoms with van der Waals surface area (Å²) in [4.78, 5) is 30.9. The van der Waals surface area contributed by atoms with E-state index < -0.39 is 11.7 Å². The van der Waals surface area contributed by atoms with Crippen molar-refractivity contribution in [1.29, 1.82) is 0 Å². The smallest absolute Gasteiger partial charge is 0.410 e. The number of hydrogen-bond acceptors (Lipinski definition) is 6. The Kier molecular flexibility index (Phi) is 6.05. The van der Waals surface area contributed by atoms with E-state index in [0.29, 0.717) is 31.1 Å². The Hall–Kier alpha value is -3.10. The highest BCUT2D eigenvalue weighted by Crippen LogP contribution is 2.27. The molecule has 2 N–H and O–H groups in total. The first-order valence-electron chi connectivity index (χ1n) is 9.61. The van der Waals surface area contributed by atoms with Gasteiger partial charge in [0.05, 0.1) is 18.6 Å². The zero-order valence-corrected chi connectivity index (χ0v) is 17.2. The van der Waals surface area contributed by atoms with Gasteiger partial charge in [0.1, 0.15) is 11.4 Å². The molecular weight excluding hydrogens is 374 g/mol. The largest absolute Gasteiger partial charge is 0.496 e. The van der Waals surface area contributed by atoms with Gasteiger partial charge in [-0.1, -0.05) is 12.1 Å². The molecule has 1 aliphatic rings. The third kappa shape index (κ3) is 5.24. The molecule has 1 atom stereocenters. The summed E-state index contributed by atoms with van der Waals surface area (Å²) < 4.78 is 10.7. The van der Waals surface area contributed by atoms with E-state index >= 15 is 0 Å². The van der Waals surface area contributed by atoms with Gasteiger partial charge in [0.15, 0.2) is 5.82 Å². The van der Waals surface area contributed by atoms with E-state index in [0.717, 1.165) is 12.0 Å². The highest BCUT2D eigenvalue weighted by molar-refractivity contribution is 5.91. The van der Waals surface area contributed by atoms with E-state index in [2.05, 4.69) is 20.5 Å². The molecule has 0 spiro atoms. The summed E-state index contributed by atoms with van der Waals surface area (Å²) in [6, 6.07) is 7.40. The number of benzene rings is 1. The zero-order valence-electron chi connectivity index (χ0n) is 17.2. The van der Waals surface area contributed by atoms with Crippen molar-refractivity contribution >= 4 is 17.9 Å². The van der Waals surface area contributed by atoms with Crippen LogP contribution in [0.25, 0.3) is 11.4 Å². The van der Waals surface area contributed by atoms with E-state index in [1.54, 1.807) is 12.0 Å². The summed E-state index contributed by atoms with van der Waals surface area (Å²) in [5, 5.41) is 9.63. The maximum atomic E-state index is 12.7. The fourth-order valence-corrected chi connectivity index (χ4v) is 3.17. The number of nitrogens with zero attached hydrogens (tertiary/aromatic N) is 3. The standard InChI is InChI=1S/C20H27N5O4/c1-20(2,3)29-19(27)25-11-7-8-13(12-25)17(26)22-18-21-16(23-24-18)14-9-5-6-10-15(14)28-4/h5-6,9-10,13H,7-8,11-12H2,1-4H3,(H2,21,22,23,24,26)/t13-/m0/s1. The van der Waals surface area contributed by atoms with Crippen molar-refractivity contribution in [1.82, 2.24) is 20.1 Å². The Morgan fingerprint density at radius 1 is 1.28 bits per heavy atom. The van der Waals surface area contributed by atoms with Crippen molar-refractivity contribution < 1.29 is 19.1 Å². The van der Waals surface area contributed by atoms with Crippen molar-refractivity contribution in [3.8, 4) is 17.1 Å². The highest BCUT2D eigenvalue weighted by Gasteiger charge is 2.31. The molecule has 2 heterocycles. The maximum Gasteiger partial charge on any atom is 0.410 e. The van der Waals surface area contributed by atoms with Crippen molar-refractivity contribution in [2.75, 3.05) is 25.5 Å². The van der Waals surface area contributed by atoms with Gasteiger partial charge < -0.3 is 14.4 Å². The van der Waals surface area contributed by atoms with Crippen LogP contribution in [0.5, 0.6) is 5.75 Å². The molecule has 0 aliphatic carbocycles. The molecule has 1 aromatic carbocycles. The van der Waals surface area contributed by atoms with Crippen LogP contribution >= 0.6 is 0 Å². The van der Waals surface area contributed by atoms with Gasteiger partial charge in [0.2, 0.25) is 11.9 Å². The molecule has 0 radical (unpaired) electrons. The van der Waals surface area contributed by atoms with E-state index in [1.807, 2.05) is 45.0 Å². The maximum absolute atomic E-state index is 12.7. The number of carbonyl (C=O) groups excluding carboxylic acids is 2. The van der Waals surface area contributed by atoms with Gasteiger partial charge >= 0.3 is 6.09 Å². The lowest BCUT2D eigenvalue weighted by molar-refractivity contribution is -0.121. The minimum absolute atomic E-state index is 0.185. The molecule has 9 nitrogen and oxygen atoms in total. The van der Waals surface area contributed by atoms with Gasteiger partial charge in [0.25, 0.3) is 0 Å². The number of rotatable bonds is 4. The molecule has 9 heteroatoms. The highest BCUT2D eigenvalue weighted by atomic mass is 16.6. The summed E-state index contributed by atoms with van der Waals surface area (Å²) in [7, 11) is 1.58. The van der Waals surface area contributed by atoms with Crippen LogP contribution in [0.1, 0.15) is 33.6 Å². The molecule has 0 saturated carbocycles. The van der Waals surface area contributed by atoms with Crippen molar-refractivity contribution in [3.05, 3.63) is 24.3 Å². The third-order valence-electron chi connectivity index (χ3n) is 4.53. The monoisotopic (exact) mass is 401 g/mol. The number of anilines is 1. The molecule has 156 valence electrons. The normalized spacial score (nSPS) is 17.0. The second kappa shape index (κ2) is 8.50. The minimum atomic E-state index is -0.569. The zero-order chi connectivity index (χ0) is 21.0. The van der Waals surface area contributed by atoms with Gasteiger partial charge in [-0.3, -0.25) is 15.2 Å². The van der Waals surface area contributed by atoms with Crippen LogP contribution in [0, 0.1) is 5.92 Å². The average molecular weight is 401 g/mol. The van der Waals surface area contributed by atoms with Gasteiger partial charge in [-0.15, -0.1) is 5.10 Å². The van der Waals surface area contributed by atoms with Crippen molar-refractivity contribution in [2.24, 2.45) is 5.92 Å². The fraction of sp³-hybridized carbons (Fsp3) is 0.500. The lowest BCUT2D eigenvalue weighted by Gasteiger charge is -2.33. The predicted molar refractivity (Wildman–Crippen MR) is 108 cm³/mol. The number of H-pyrrole nitrogens is 1. The van der Waals surface area contributed by atoms with Crippen molar-refractivity contribution in [2.45, 2.75) is 39.2 Å². The predicted octanol–water partition coefficient (Wildman–Crippen LogP) is 3.07. The van der Waals surface area contributed by atoms with Crippen LogP contribution in [0.15, 0.2) is 24.3 Å². The van der Waals surface area contributed by atoms with Crippen LogP contribution in [0.4, 0.5) is 10.7 Å². The SMILES string of the molecule is COc1ccccc1-c1nc(NC(=O)[C@H]2CCCN(C(=O)OC(C)(C)C)C2)n[nH]1. The Bertz CT molecular complexity index is 874. The first-order chi connectivity index (χ1) is 13.8. The summed E-state index contributed by atoms with van der Waals surface area (Å²) in [5.74, 6) is 0.775. The van der Waals surface area contributed by atoms with Crippen LogP contribution in [-0.2, 0) is 9.53 Å². The molecule has 29 heavy (non-hydrogen) atoms. The number of amides is 2. The van der Waals surface area contributed by atoms with Gasteiger partial charge in [0, 0.05) is 13.1 Å². The minimum Gasteiger partial charge on any atom is -0.496 e. The molecular formula is C20H27N5O4. The summed E-state index contributed by atoms with van der Waals surface area (Å²) in [6.07, 6.45) is 1.03. The number of para-hydroxylation sites is 1. The lowest BCUT2D eigenvalue weighted by atomic mass is 9.97. The number of hydrogen-bond donors (Lipinski definition) is 2. The Morgan fingerprint density at radius 3 is 2.76 bits per heavy atom. The molecule has 1 aromatic heterocycles. The first kappa shape index (κ1) is 20.6. The fourth-order valence-electron chi connectivity index (χ4n) is 3.17. The van der Waals surface area contributed by atoms with Gasteiger partial charge in [-0.2, -0.15) is 4.98 Å². The molecule has 0 bridgehead atoms. The average Bonchev–Trinajstić information content (AvgIpc) is 3.15. The molecule has 1 fully saturated rings. The molecule has 3 rings (SSSR count). The second-order valence-electron chi connectivity index (χ2n) is 7.96. The molecule has 1 saturated heterocycles. The molecule has 1 aliphatic heterocycles. The van der Waals surface area contributed by atoms with E-state index in [4.69, 9.17) is 9.47 Å². The second-order valence-corrected chi connectivity index (χ2v) is 7.96. The van der Waals surface area contributed by atoms with E-state index in [-0.39, 0.29) is 17.8 Å². The number of nitrogens with one attached hydrogen (secondary N) is 2. The Morgan fingerprint density at radius 2 is 2.03 bits per heavy atom. The number of aromatic nitrogens is 3. The Labute approximate surface area is 169 Å². The lowest BCUT2D eigenvalue weighted by Crippen LogP contribution is -2.45.